The second kappa shape index (κ2) is 6.94. The fourth-order valence-corrected chi connectivity index (χ4v) is 3.65. The Labute approximate surface area is 137 Å². The highest BCUT2D eigenvalue weighted by Crippen LogP contribution is 2.29. The van der Waals surface area contributed by atoms with Crippen LogP contribution in [0.4, 0.5) is 4.39 Å². The van der Waals surface area contributed by atoms with Crippen molar-refractivity contribution in [2.45, 2.75) is 10.6 Å². The van der Waals surface area contributed by atoms with Gasteiger partial charge in [0.2, 0.25) is 0 Å². The maximum absolute atomic E-state index is 12.9. The van der Waals surface area contributed by atoms with Crippen molar-refractivity contribution < 1.29 is 9.13 Å². The van der Waals surface area contributed by atoms with Gasteiger partial charge >= 0.3 is 0 Å². The number of thiazole rings is 1. The largest absolute Gasteiger partial charge is 0.497 e. The Morgan fingerprint density at radius 2 is 1.82 bits per heavy atom. The van der Waals surface area contributed by atoms with Crippen molar-refractivity contribution in [2.24, 2.45) is 0 Å². The highest BCUT2D eigenvalue weighted by molar-refractivity contribution is 7.98. The molecule has 5 heteroatoms. The van der Waals surface area contributed by atoms with Gasteiger partial charge in [-0.05, 0) is 48.5 Å². The zero-order valence-electron chi connectivity index (χ0n) is 12.0. The number of hydrogen-bond donors (Lipinski definition) is 0. The van der Waals surface area contributed by atoms with Crippen molar-refractivity contribution in [3.63, 3.8) is 0 Å². The average Bonchev–Trinajstić information content (AvgIpc) is 3.03. The summed E-state index contributed by atoms with van der Waals surface area (Å²) in [6.45, 7) is 0. The highest BCUT2D eigenvalue weighted by atomic mass is 32.2. The fourth-order valence-electron chi connectivity index (χ4n) is 1.93. The smallest absolute Gasteiger partial charge is 0.123 e. The Kier molecular flexibility index (Phi) is 4.75. The molecule has 3 rings (SSSR count). The third kappa shape index (κ3) is 3.67. The number of thioether (sulfide) groups is 1. The van der Waals surface area contributed by atoms with Crippen molar-refractivity contribution in [3.8, 4) is 16.3 Å². The van der Waals surface area contributed by atoms with E-state index in [4.69, 9.17) is 4.74 Å². The lowest BCUT2D eigenvalue weighted by Crippen LogP contribution is -1.84. The summed E-state index contributed by atoms with van der Waals surface area (Å²) < 4.78 is 18.0. The van der Waals surface area contributed by atoms with E-state index in [1.807, 2.05) is 24.3 Å². The molecule has 0 radical (unpaired) electrons. The minimum absolute atomic E-state index is 0.209. The minimum atomic E-state index is -0.209. The van der Waals surface area contributed by atoms with Gasteiger partial charge in [0.1, 0.15) is 16.6 Å². The molecule has 112 valence electrons. The van der Waals surface area contributed by atoms with Gasteiger partial charge in [-0.15, -0.1) is 23.1 Å². The molecule has 22 heavy (non-hydrogen) atoms. The zero-order valence-corrected chi connectivity index (χ0v) is 13.6. The summed E-state index contributed by atoms with van der Waals surface area (Å²) in [4.78, 5) is 5.69. The van der Waals surface area contributed by atoms with Crippen LogP contribution < -0.4 is 4.74 Å². The van der Waals surface area contributed by atoms with E-state index in [-0.39, 0.29) is 5.82 Å². The monoisotopic (exact) mass is 331 g/mol. The number of halogens is 1. The minimum Gasteiger partial charge on any atom is -0.497 e. The van der Waals surface area contributed by atoms with Gasteiger partial charge in [-0.25, -0.2) is 9.37 Å². The van der Waals surface area contributed by atoms with Crippen LogP contribution in [-0.4, -0.2) is 12.1 Å². The average molecular weight is 331 g/mol. The van der Waals surface area contributed by atoms with Gasteiger partial charge < -0.3 is 4.74 Å². The molecule has 0 aliphatic carbocycles. The van der Waals surface area contributed by atoms with E-state index >= 15 is 0 Å². The van der Waals surface area contributed by atoms with E-state index in [0.29, 0.717) is 0 Å². The van der Waals surface area contributed by atoms with Gasteiger partial charge in [0.25, 0.3) is 0 Å². The second-order valence-electron chi connectivity index (χ2n) is 4.62. The van der Waals surface area contributed by atoms with Crippen molar-refractivity contribution in [1.29, 1.82) is 0 Å². The van der Waals surface area contributed by atoms with Crippen molar-refractivity contribution >= 4 is 23.1 Å². The lowest BCUT2D eigenvalue weighted by molar-refractivity contribution is 0.415. The van der Waals surface area contributed by atoms with E-state index in [9.17, 15) is 4.39 Å². The third-order valence-corrected chi connectivity index (χ3v) is 5.07. The topological polar surface area (TPSA) is 22.1 Å². The van der Waals surface area contributed by atoms with Crippen molar-refractivity contribution in [1.82, 2.24) is 4.98 Å². The van der Waals surface area contributed by atoms with Crippen LogP contribution >= 0.6 is 23.1 Å². The van der Waals surface area contributed by atoms with Crippen LogP contribution in [0.1, 0.15) is 5.69 Å². The van der Waals surface area contributed by atoms with Gasteiger partial charge in [-0.2, -0.15) is 0 Å². The molecule has 2 nitrogen and oxygen atoms in total. The van der Waals surface area contributed by atoms with Crippen LogP contribution in [0.2, 0.25) is 0 Å². The predicted molar refractivity (Wildman–Crippen MR) is 90.1 cm³/mol. The predicted octanol–water partition coefficient (Wildman–Crippen LogP) is 5.25. The van der Waals surface area contributed by atoms with E-state index in [1.54, 1.807) is 42.3 Å². The number of aromatic nitrogens is 1. The maximum Gasteiger partial charge on any atom is 0.123 e. The van der Waals surface area contributed by atoms with Crippen LogP contribution in [0.15, 0.2) is 58.8 Å². The normalized spacial score (nSPS) is 10.6. The molecule has 3 aromatic rings. The third-order valence-electron chi connectivity index (χ3n) is 3.09. The molecule has 0 aliphatic rings. The van der Waals surface area contributed by atoms with Gasteiger partial charge in [-0.3, -0.25) is 0 Å². The molecule has 0 saturated heterocycles. The molecule has 0 saturated carbocycles. The van der Waals surface area contributed by atoms with Crippen LogP contribution in [0.5, 0.6) is 5.75 Å². The van der Waals surface area contributed by atoms with Gasteiger partial charge in [0.15, 0.2) is 0 Å². The Bertz CT molecular complexity index is 738. The summed E-state index contributed by atoms with van der Waals surface area (Å²) >= 11 is 3.28. The van der Waals surface area contributed by atoms with Gasteiger partial charge in [0.05, 0.1) is 12.8 Å². The standard InChI is InChI=1S/C17H14FNOS2/c1-20-15-6-2-12(3-7-15)17-19-14(11-22-17)10-21-16-8-4-13(18)5-9-16/h2-9,11H,10H2,1H3. The summed E-state index contributed by atoms with van der Waals surface area (Å²) in [7, 11) is 1.66. The number of nitrogens with zero attached hydrogens (tertiary/aromatic N) is 1. The number of benzene rings is 2. The van der Waals surface area contributed by atoms with Crippen LogP contribution in [0.25, 0.3) is 10.6 Å². The van der Waals surface area contributed by atoms with Crippen molar-refractivity contribution in [2.75, 3.05) is 7.11 Å². The quantitative estimate of drug-likeness (QED) is 0.596. The Morgan fingerprint density at radius 3 is 2.50 bits per heavy atom. The lowest BCUT2D eigenvalue weighted by Gasteiger charge is -2.00. The molecular weight excluding hydrogens is 317 g/mol. The number of rotatable bonds is 5. The molecule has 1 heterocycles. The summed E-state index contributed by atoms with van der Waals surface area (Å²) in [6.07, 6.45) is 0. The summed E-state index contributed by atoms with van der Waals surface area (Å²) in [5.41, 5.74) is 2.12. The number of hydrogen-bond acceptors (Lipinski definition) is 4. The Morgan fingerprint density at radius 1 is 1.09 bits per heavy atom. The Balaban J connectivity index is 1.66. The molecule has 0 bridgehead atoms. The van der Waals surface area contributed by atoms with E-state index in [2.05, 4.69) is 10.4 Å². The lowest BCUT2D eigenvalue weighted by atomic mass is 10.2. The number of ether oxygens (including phenoxy) is 1. The molecule has 2 aromatic carbocycles. The summed E-state index contributed by atoms with van der Waals surface area (Å²) in [5.74, 6) is 1.41. The van der Waals surface area contributed by atoms with Crippen molar-refractivity contribution in [3.05, 3.63) is 65.4 Å². The van der Waals surface area contributed by atoms with E-state index in [1.165, 1.54) is 12.1 Å². The molecule has 0 atom stereocenters. The molecule has 0 fully saturated rings. The van der Waals surface area contributed by atoms with Gasteiger partial charge in [0, 0.05) is 21.6 Å². The van der Waals surface area contributed by atoms with E-state index < -0.39 is 0 Å². The van der Waals surface area contributed by atoms with Crippen LogP contribution in [0, 0.1) is 5.82 Å². The molecule has 1 aromatic heterocycles. The first-order chi connectivity index (χ1) is 10.7. The first kappa shape index (κ1) is 15.1. The molecule has 0 aliphatic heterocycles. The zero-order chi connectivity index (χ0) is 15.4. The van der Waals surface area contributed by atoms with Gasteiger partial charge in [-0.1, -0.05) is 0 Å². The van der Waals surface area contributed by atoms with Crippen LogP contribution in [-0.2, 0) is 5.75 Å². The molecule has 0 N–H and O–H groups in total. The SMILES string of the molecule is COc1ccc(-c2nc(CSc3ccc(F)cc3)cs2)cc1. The first-order valence-corrected chi connectivity index (χ1v) is 8.58. The first-order valence-electron chi connectivity index (χ1n) is 6.72. The highest BCUT2D eigenvalue weighted by Gasteiger charge is 2.06. The van der Waals surface area contributed by atoms with Crippen LogP contribution in [0.3, 0.4) is 0 Å². The molecule has 0 spiro atoms. The van der Waals surface area contributed by atoms with E-state index in [0.717, 1.165) is 32.7 Å². The molecular formula is C17H14FNOS2. The molecule has 0 amide bonds. The second-order valence-corrected chi connectivity index (χ2v) is 6.52. The fraction of sp³-hybridized carbons (Fsp3) is 0.118. The summed E-state index contributed by atoms with van der Waals surface area (Å²) in [5, 5.41) is 3.06. The Hall–Kier alpha value is -1.85. The molecule has 0 unspecified atom stereocenters. The maximum atomic E-state index is 12.9. The summed E-state index contributed by atoms with van der Waals surface area (Å²) in [6, 6.07) is 14.4. The number of methoxy groups -OCH3 is 1.